The number of likely N-dealkylation sites (N-methyl/N-ethyl adjacent to an activating group) is 1. The smallest absolute Gasteiger partial charge is 0.320 e. The molecule has 0 heterocycles. The first kappa shape index (κ1) is 15.9. The maximum Gasteiger partial charge on any atom is 0.320 e. The van der Waals surface area contributed by atoms with Crippen LogP contribution in [0.25, 0.3) is 0 Å². The Morgan fingerprint density at radius 2 is 1.47 bits per heavy atom. The topological polar surface area (TPSA) is 76.7 Å². The predicted octanol–water partition coefficient (Wildman–Crippen LogP) is -0.318. The van der Waals surface area contributed by atoms with E-state index in [1.54, 1.807) is 0 Å². The second-order valence-corrected chi connectivity index (χ2v) is 3.40. The molecule has 6 nitrogen and oxygen atoms in total. The lowest BCUT2D eigenvalue weighted by Gasteiger charge is -2.07. The van der Waals surface area contributed by atoms with Crippen LogP contribution in [-0.4, -0.2) is 51.3 Å². The van der Waals surface area contributed by atoms with E-state index in [1.165, 1.54) is 0 Å². The molecule has 17 heavy (non-hydrogen) atoms. The Bertz CT molecular complexity index is 222. The van der Waals surface area contributed by atoms with Crippen LogP contribution in [0.3, 0.4) is 0 Å². The molecule has 0 bridgehead atoms. The van der Waals surface area contributed by atoms with Crippen LogP contribution in [0.15, 0.2) is 0 Å². The van der Waals surface area contributed by atoms with Crippen molar-refractivity contribution in [3.05, 3.63) is 0 Å². The molecule has 0 spiro atoms. The standard InChI is InChI=1S/C11H22N2O4/c1-3-5-13-9-11(15)17-7-6-16-10(14)8-12-4-2/h12-13H,3-9H2,1-2H3. The number of esters is 2. The number of nitrogens with one attached hydrogen (secondary N) is 2. The number of hydrogen-bond acceptors (Lipinski definition) is 6. The molecule has 0 saturated carbocycles. The average molecular weight is 246 g/mol. The molecule has 0 aliphatic heterocycles. The number of ether oxygens (including phenoxy) is 2. The molecular weight excluding hydrogens is 224 g/mol. The summed E-state index contributed by atoms with van der Waals surface area (Å²) in [5.41, 5.74) is 0. The molecule has 0 fully saturated rings. The van der Waals surface area contributed by atoms with Gasteiger partial charge in [-0.1, -0.05) is 13.8 Å². The van der Waals surface area contributed by atoms with Crippen molar-refractivity contribution < 1.29 is 19.1 Å². The molecule has 0 aliphatic carbocycles. The van der Waals surface area contributed by atoms with Crippen LogP contribution >= 0.6 is 0 Å². The van der Waals surface area contributed by atoms with E-state index in [0.717, 1.165) is 13.0 Å². The lowest BCUT2D eigenvalue weighted by Crippen LogP contribution is -2.28. The van der Waals surface area contributed by atoms with Gasteiger partial charge < -0.3 is 20.1 Å². The minimum atomic E-state index is -0.341. The van der Waals surface area contributed by atoms with E-state index in [1.807, 2.05) is 13.8 Å². The van der Waals surface area contributed by atoms with Crippen molar-refractivity contribution >= 4 is 11.9 Å². The van der Waals surface area contributed by atoms with Crippen molar-refractivity contribution in [3.63, 3.8) is 0 Å². The SMILES string of the molecule is CCCNCC(=O)OCCOC(=O)CNCC. The predicted molar refractivity (Wildman–Crippen MR) is 63.6 cm³/mol. The van der Waals surface area contributed by atoms with Crippen molar-refractivity contribution in [2.24, 2.45) is 0 Å². The van der Waals surface area contributed by atoms with Crippen molar-refractivity contribution in [2.75, 3.05) is 39.4 Å². The second-order valence-electron chi connectivity index (χ2n) is 3.40. The summed E-state index contributed by atoms with van der Waals surface area (Å²) < 4.78 is 9.67. The molecule has 0 aromatic rings. The fraction of sp³-hybridized carbons (Fsp3) is 0.818. The van der Waals surface area contributed by atoms with Gasteiger partial charge in [-0.05, 0) is 19.5 Å². The summed E-state index contributed by atoms with van der Waals surface area (Å²) in [6.45, 7) is 6.00. The Morgan fingerprint density at radius 3 is 1.94 bits per heavy atom. The van der Waals surface area contributed by atoms with Crippen molar-refractivity contribution in [1.29, 1.82) is 0 Å². The highest BCUT2D eigenvalue weighted by molar-refractivity contribution is 5.72. The summed E-state index contributed by atoms with van der Waals surface area (Å²) >= 11 is 0. The van der Waals surface area contributed by atoms with Crippen LogP contribution < -0.4 is 10.6 Å². The molecule has 0 amide bonds. The van der Waals surface area contributed by atoms with Gasteiger partial charge in [-0.2, -0.15) is 0 Å². The zero-order valence-electron chi connectivity index (χ0n) is 10.6. The van der Waals surface area contributed by atoms with E-state index in [4.69, 9.17) is 9.47 Å². The fourth-order valence-corrected chi connectivity index (χ4v) is 1.01. The van der Waals surface area contributed by atoms with E-state index >= 15 is 0 Å². The number of carbonyl (C=O) groups excluding carboxylic acids is 2. The van der Waals surface area contributed by atoms with E-state index < -0.39 is 0 Å². The fourth-order valence-electron chi connectivity index (χ4n) is 1.01. The molecule has 0 rings (SSSR count). The summed E-state index contributed by atoms with van der Waals surface area (Å²) in [5.74, 6) is -0.673. The van der Waals surface area contributed by atoms with Crippen LogP contribution in [0.1, 0.15) is 20.3 Å². The van der Waals surface area contributed by atoms with E-state index in [0.29, 0.717) is 6.54 Å². The molecular formula is C11H22N2O4. The lowest BCUT2D eigenvalue weighted by atomic mass is 10.5. The van der Waals surface area contributed by atoms with Gasteiger partial charge in [-0.3, -0.25) is 9.59 Å². The summed E-state index contributed by atoms with van der Waals surface area (Å²) in [6.07, 6.45) is 0.968. The van der Waals surface area contributed by atoms with E-state index in [9.17, 15) is 9.59 Å². The molecule has 100 valence electrons. The third-order valence-electron chi connectivity index (χ3n) is 1.82. The van der Waals surface area contributed by atoms with Crippen molar-refractivity contribution in [3.8, 4) is 0 Å². The average Bonchev–Trinajstić information content (AvgIpc) is 2.32. The van der Waals surface area contributed by atoms with Gasteiger partial charge in [-0.25, -0.2) is 0 Å². The van der Waals surface area contributed by atoms with Gasteiger partial charge in [0, 0.05) is 0 Å². The van der Waals surface area contributed by atoms with Gasteiger partial charge in [0.15, 0.2) is 0 Å². The van der Waals surface area contributed by atoms with Gasteiger partial charge in [0.1, 0.15) is 13.2 Å². The Kier molecular flexibility index (Phi) is 10.6. The molecule has 0 aromatic carbocycles. The Labute approximate surface area is 102 Å². The van der Waals surface area contributed by atoms with Crippen LogP contribution in [0, 0.1) is 0 Å². The minimum absolute atomic E-state index is 0.101. The number of hydrogen-bond donors (Lipinski definition) is 2. The molecule has 0 aliphatic rings. The summed E-state index contributed by atoms with van der Waals surface area (Å²) in [4.78, 5) is 22.1. The highest BCUT2D eigenvalue weighted by Crippen LogP contribution is 1.82. The van der Waals surface area contributed by atoms with E-state index in [-0.39, 0.29) is 38.2 Å². The Balaban J connectivity index is 3.32. The first-order valence-electron chi connectivity index (χ1n) is 5.93. The molecule has 0 atom stereocenters. The number of carbonyl (C=O) groups is 2. The van der Waals surface area contributed by atoms with E-state index in [2.05, 4.69) is 10.6 Å². The summed E-state index contributed by atoms with van der Waals surface area (Å²) in [7, 11) is 0. The largest absolute Gasteiger partial charge is 0.461 e. The van der Waals surface area contributed by atoms with Crippen LogP contribution in [0.4, 0.5) is 0 Å². The van der Waals surface area contributed by atoms with Gasteiger partial charge >= 0.3 is 11.9 Å². The van der Waals surface area contributed by atoms with Crippen LogP contribution in [0.5, 0.6) is 0 Å². The number of rotatable bonds is 10. The molecule has 6 heteroatoms. The maximum absolute atomic E-state index is 11.1. The Hall–Kier alpha value is -1.14. The van der Waals surface area contributed by atoms with Crippen molar-refractivity contribution in [1.82, 2.24) is 10.6 Å². The zero-order valence-corrected chi connectivity index (χ0v) is 10.6. The van der Waals surface area contributed by atoms with Crippen molar-refractivity contribution in [2.45, 2.75) is 20.3 Å². The summed E-state index contributed by atoms with van der Waals surface area (Å²) in [6, 6.07) is 0. The quantitative estimate of drug-likeness (QED) is 0.406. The van der Waals surface area contributed by atoms with Gasteiger partial charge in [0.25, 0.3) is 0 Å². The normalized spacial score (nSPS) is 10.0. The van der Waals surface area contributed by atoms with Crippen LogP contribution in [-0.2, 0) is 19.1 Å². The molecule has 0 radical (unpaired) electrons. The minimum Gasteiger partial charge on any atom is -0.461 e. The Morgan fingerprint density at radius 1 is 0.941 bits per heavy atom. The highest BCUT2D eigenvalue weighted by Gasteiger charge is 2.03. The van der Waals surface area contributed by atoms with Crippen LogP contribution in [0.2, 0.25) is 0 Å². The molecule has 0 aromatic heterocycles. The molecule has 0 unspecified atom stereocenters. The van der Waals surface area contributed by atoms with Gasteiger partial charge in [-0.15, -0.1) is 0 Å². The zero-order chi connectivity index (χ0) is 12.9. The third-order valence-corrected chi connectivity index (χ3v) is 1.82. The molecule has 2 N–H and O–H groups in total. The second kappa shape index (κ2) is 11.3. The lowest BCUT2D eigenvalue weighted by molar-refractivity contribution is -0.151. The highest BCUT2D eigenvalue weighted by atomic mass is 16.6. The first-order valence-corrected chi connectivity index (χ1v) is 5.93. The van der Waals surface area contributed by atoms with Gasteiger partial charge in [0.05, 0.1) is 13.1 Å². The third kappa shape index (κ3) is 11.1. The summed E-state index contributed by atoms with van der Waals surface area (Å²) in [5, 5.41) is 5.76. The maximum atomic E-state index is 11.1. The first-order chi connectivity index (χ1) is 8.20. The molecule has 0 saturated heterocycles. The monoisotopic (exact) mass is 246 g/mol. The van der Waals surface area contributed by atoms with Gasteiger partial charge in [0.2, 0.25) is 0 Å².